The van der Waals surface area contributed by atoms with Crippen LogP contribution in [-0.4, -0.2) is 78.7 Å². The van der Waals surface area contributed by atoms with Crippen molar-refractivity contribution in [1.29, 1.82) is 0 Å². The van der Waals surface area contributed by atoms with Crippen molar-refractivity contribution >= 4 is 60.7 Å². The van der Waals surface area contributed by atoms with Crippen molar-refractivity contribution in [3.8, 4) is 0 Å². The Labute approximate surface area is 253 Å². The summed E-state index contributed by atoms with van der Waals surface area (Å²) in [5.41, 5.74) is -2.91. The van der Waals surface area contributed by atoms with Gasteiger partial charge in [0.15, 0.2) is 0 Å². The van der Waals surface area contributed by atoms with Crippen LogP contribution < -0.4 is 17.1 Å². The zero-order valence-electron chi connectivity index (χ0n) is 23.7. The highest BCUT2D eigenvalue weighted by Crippen LogP contribution is 2.15. The van der Waals surface area contributed by atoms with Gasteiger partial charge in [-0.25, -0.2) is 28.1 Å². The van der Waals surface area contributed by atoms with E-state index in [1.807, 2.05) is 6.92 Å². The molecule has 0 aromatic carbocycles. The van der Waals surface area contributed by atoms with Gasteiger partial charge in [-0.05, 0) is 6.92 Å². The third-order valence-corrected chi connectivity index (χ3v) is 6.89. The minimum Gasteiger partial charge on any atom is -0.464 e. The average Bonchev–Trinajstić information content (AvgIpc) is 2.84. The molecule has 41 heavy (non-hydrogen) atoms. The molecule has 0 amide bonds. The molecule has 3 atom stereocenters. The second kappa shape index (κ2) is 18.9. The van der Waals surface area contributed by atoms with Gasteiger partial charge < -0.3 is 14.2 Å². The summed E-state index contributed by atoms with van der Waals surface area (Å²) in [6.07, 6.45) is 0.512. The van der Waals surface area contributed by atoms with Gasteiger partial charge in [-0.2, -0.15) is 37.0 Å². The summed E-state index contributed by atoms with van der Waals surface area (Å²) in [6, 6.07) is 0. The smallest absolute Gasteiger partial charge is 0.336 e. The Morgan fingerprint density at radius 3 is 1.34 bits per heavy atom. The molecule has 0 spiro atoms. The lowest BCUT2D eigenvalue weighted by atomic mass is 10.3. The molecule has 0 N–H and O–H groups in total. The van der Waals surface area contributed by atoms with Crippen LogP contribution in [0, 0.1) is 0 Å². The molecule has 0 saturated carbocycles. The monoisotopic (exact) mass is 637 g/mol. The van der Waals surface area contributed by atoms with Gasteiger partial charge in [0.2, 0.25) is 0 Å². The molecule has 0 aliphatic heterocycles. The number of thioether (sulfide) groups is 1. The van der Waals surface area contributed by atoms with E-state index < -0.39 is 35.0 Å². The second-order valence-corrected chi connectivity index (χ2v) is 12.7. The molecule has 0 aliphatic carbocycles. The Balaban J connectivity index is 3.02. The number of ether oxygens (including phenoxy) is 3. The van der Waals surface area contributed by atoms with Crippen molar-refractivity contribution in [2.24, 2.45) is 0 Å². The Bertz CT molecular complexity index is 1160. The van der Waals surface area contributed by atoms with E-state index in [1.54, 1.807) is 13.8 Å². The van der Waals surface area contributed by atoms with E-state index in [2.05, 4.69) is 25.3 Å². The summed E-state index contributed by atoms with van der Waals surface area (Å²) < 4.78 is 17.5. The summed E-state index contributed by atoms with van der Waals surface area (Å²) in [6.45, 7) is 4.76. The molecule has 1 aromatic rings. The van der Waals surface area contributed by atoms with Crippen molar-refractivity contribution in [3.63, 3.8) is 0 Å². The lowest BCUT2D eigenvalue weighted by Gasteiger charge is -2.15. The number of carbonyl (C=O) groups excluding carboxylic acids is 4. The third kappa shape index (κ3) is 14.3. The van der Waals surface area contributed by atoms with Gasteiger partial charge >= 0.3 is 35.0 Å². The topological polar surface area (TPSA) is 162 Å². The largest absolute Gasteiger partial charge is 0.464 e. The molecule has 0 saturated heterocycles. The maximum absolute atomic E-state index is 13.0. The number of nitrogens with zero attached hydrogens (tertiary/aromatic N) is 3. The van der Waals surface area contributed by atoms with Crippen molar-refractivity contribution in [2.75, 3.05) is 25.6 Å². The van der Waals surface area contributed by atoms with Crippen LogP contribution in [0.4, 0.5) is 0 Å². The zero-order chi connectivity index (χ0) is 31.1. The Hall–Kier alpha value is -2.46. The number of hydrogen-bond acceptors (Lipinski definition) is 13. The van der Waals surface area contributed by atoms with Gasteiger partial charge in [0.05, 0.1) is 38.9 Å². The predicted octanol–water partition coefficient (Wildman–Crippen LogP) is 0.709. The molecule has 13 nitrogen and oxygen atoms in total. The van der Waals surface area contributed by atoms with Gasteiger partial charge in [0.25, 0.3) is 0 Å². The molecular formula is C25H39N3O10S3. The summed E-state index contributed by atoms with van der Waals surface area (Å²) in [5.74, 6) is -1.06. The third-order valence-electron chi connectivity index (χ3n) is 5.35. The molecule has 1 aromatic heterocycles. The minimum atomic E-state index is -0.972. The van der Waals surface area contributed by atoms with Crippen LogP contribution in [0.3, 0.4) is 0 Å². The zero-order valence-corrected chi connectivity index (χ0v) is 26.3. The van der Waals surface area contributed by atoms with E-state index >= 15 is 0 Å². The van der Waals surface area contributed by atoms with Gasteiger partial charge in [0.1, 0.15) is 25.6 Å². The van der Waals surface area contributed by atoms with Crippen LogP contribution in [-0.2, 0) is 53.0 Å². The van der Waals surface area contributed by atoms with Crippen molar-refractivity contribution in [3.05, 3.63) is 31.5 Å². The van der Waals surface area contributed by atoms with Crippen LogP contribution in [0.2, 0.25) is 0 Å². The van der Waals surface area contributed by atoms with Crippen LogP contribution in [0.1, 0.15) is 53.4 Å². The van der Waals surface area contributed by atoms with Crippen LogP contribution >= 0.6 is 37.0 Å². The highest BCUT2D eigenvalue weighted by molar-refractivity contribution is 7.99. The molecule has 1 heterocycles. The fraction of sp³-hybridized carbons (Fsp3) is 0.720. The molecular weight excluding hydrogens is 598 g/mol. The van der Waals surface area contributed by atoms with Crippen molar-refractivity contribution in [1.82, 2.24) is 13.7 Å². The average molecular weight is 638 g/mol. The van der Waals surface area contributed by atoms with Gasteiger partial charge in [0, 0.05) is 27.9 Å². The first kappa shape index (κ1) is 36.6. The molecule has 0 aliphatic rings. The van der Waals surface area contributed by atoms with Crippen LogP contribution in [0.5, 0.6) is 0 Å². The second-order valence-electron chi connectivity index (χ2n) is 9.41. The van der Waals surface area contributed by atoms with E-state index in [9.17, 15) is 33.6 Å². The SMILES string of the molecule is CC(=O)CCSC(C)CC(=O)OCCn1c(=O)n(CCOC(=O)CC(C)S)c(=O)n(CCOC(=O)CC(C)S)c1=O. The van der Waals surface area contributed by atoms with Crippen LogP contribution in [0.15, 0.2) is 14.4 Å². The van der Waals surface area contributed by atoms with Crippen molar-refractivity contribution in [2.45, 2.75) is 88.8 Å². The fourth-order valence-corrected chi connectivity index (χ4v) is 4.73. The molecule has 0 bridgehead atoms. The number of thiol groups is 2. The number of rotatable bonds is 19. The molecule has 0 radical (unpaired) electrons. The van der Waals surface area contributed by atoms with Gasteiger partial charge in [-0.1, -0.05) is 20.8 Å². The Kier molecular flexibility index (Phi) is 16.8. The molecule has 16 heteroatoms. The molecule has 0 fully saturated rings. The van der Waals surface area contributed by atoms with E-state index in [-0.39, 0.29) is 80.3 Å². The molecule has 232 valence electrons. The Morgan fingerprint density at radius 1 is 0.683 bits per heavy atom. The standard InChI is InChI=1S/C25H39N3O10S3/c1-16(29)5-12-41-19(4)15-22(32)38-11-8-28-24(34)26(6-9-36-20(30)13-17(2)39)23(33)27(25(28)35)7-10-37-21(31)14-18(3)40/h17-19,39-40H,5-15H2,1-4H3. The van der Waals surface area contributed by atoms with Gasteiger partial charge in [-0.3, -0.25) is 19.2 Å². The molecule has 3 unspecified atom stereocenters. The fourth-order valence-electron chi connectivity index (χ4n) is 3.37. The highest BCUT2D eigenvalue weighted by Gasteiger charge is 2.18. The Morgan fingerprint density at radius 2 is 1.02 bits per heavy atom. The maximum Gasteiger partial charge on any atom is 0.336 e. The van der Waals surface area contributed by atoms with Crippen LogP contribution in [0.25, 0.3) is 0 Å². The van der Waals surface area contributed by atoms with E-state index in [0.717, 1.165) is 13.7 Å². The van der Waals surface area contributed by atoms with E-state index in [0.29, 0.717) is 12.2 Å². The quantitative estimate of drug-likeness (QED) is 0.125. The highest BCUT2D eigenvalue weighted by atomic mass is 32.2. The molecule has 1 rings (SSSR count). The number of aromatic nitrogens is 3. The lowest BCUT2D eigenvalue weighted by Crippen LogP contribution is -2.55. The number of esters is 3. The van der Waals surface area contributed by atoms with Crippen molar-refractivity contribution < 1.29 is 33.4 Å². The summed E-state index contributed by atoms with van der Waals surface area (Å²) in [5, 5.41) is -0.602. The summed E-state index contributed by atoms with van der Waals surface area (Å²) >= 11 is 9.68. The lowest BCUT2D eigenvalue weighted by molar-refractivity contribution is -0.144. The van der Waals surface area contributed by atoms with Gasteiger partial charge in [-0.15, -0.1) is 0 Å². The first-order chi connectivity index (χ1) is 19.2. The normalized spacial score (nSPS) is 13.2. The number of carbonyl (C=O) groups is 4. The van der Waals surface area contributed by atoms with E-state index in [1.165, 1.54) is 18.7 Å². The summed E-state index contributed by atoms with van der Waals surface area (Å²) in [7, 11) is 0. The maximum atomic E-state index is 13.0. The van der Waals surface area contributed by atoms with E-state index in [4.69, 9.17) is 14.2 Å². The number of ketones is 1. The first-order valence-corrected chi connectivity index (χ1v) is 15.2. The predicted molar refractivity (Wildman–Crippen MR) is 160 cm³/mol. The minimum absolute atomic E-state index is 0.0250. The first-order valence-electron chi connectivity index (χ1n) is 13.1. The number of hydrogen-bond donors (Lipinski definition) is 2. The summed E-state index contributed by atoms with van der Waals surface area (Å²) in [4.78, 5) is 86.1. The number of Topliss-reactive ketones (excluding diaryl/α,β-unsaturated/α-hetero) is 1.